The second-order valence-electron chi connectivity index (χ2n) is 5.30. The van der Waals surface area contributed by atoms with Crippen molar-refractivity contribution in [3.05, 3.63) is 34.3 Å². The largest absolute Gasteiger partial charge is 0.313 e. The zero-order valence-corrected chi connectivity index (χ0v) is 14.2. The third-order valence-corrected chi connectivity index (χ3v) is 4.32. The average Bonchev–Trinajstić information content (AvgIpc) is 2.39. The van der Waals surface area contributed by atoms with E-state index < -0.39 is 0 Å². The van der Waals surface area contributed by atoms with Crippen molar-refractivity contribution in [3.8, 4) is 0 Å². The SMILES string of the molecule is CCCC(C)N(C)CCC(NC)c1cccc(Br)c1. The highest BCUT2D eigenvalue weighted by Crippen LogP contribution is 2.21. The van der Waals surface area contributed by atoms with Crippen LogP contribution in [0.2, 0.25) is 0 Å². The highest BCUT2D eigenvalue weighted by atomic mass is 79.9. The van der Waals surface area contributed by atoms with Crippen LogP contribution in [0.15, 0.2) is 28.7 Å². The van der Waals surface area contributed by atoms with Crippen LogP contribution in [0.1, 0.15) is 44.7 Å². The molecule has 3 heteroatoms. The first-order valence-electron chi connectivity index (χ1n) is 7.21. The van der Waals surface area contributed by atoms with E-state index in [1.807, 2.05) is 7.05 Å². The Kier molecular flexibility index (Phi) is 7.66. The summed E-state index contributed by atoms with van der Waals surface area (Å²) in [5, 5.41) is 3.42. The average molecular weight is 327 g/mol. The van der Waals surface area contributed by atoms with Gasteiger partial charge < -0.3 is 10.2 Å². The molecule has 0 amide bonds. The highest BCUT2D eigenvalue weighted by Gasteiger charge is 2.13. The van der Waals surface area contributed by atoms with Crippen molar-refractivity contribution < 1.29 is 0 Å². The van der Waals surface area contributed by atoms with Crippen LogP contribution in [0.5, 0.6) is 0 Å². The number of nitrogens with one attached hydrogen (secondary N) is 1. The molecular weight excluding hydrogens is 300 g/mol. The molecule has 2 atom stereocenters. The zero-order valence-electron chi connectivity index (χ0n) is 12.6. The van der Waals surface area contributed by atoms with Gasteiger partial charge in [0, 0.05) is 16.6 Å². The van der Waals surface area contributed by atoms with Crippen LogP contribution in [-0.2, 0) is 0 Å². The van der Waals surface area contributed by atoms with Gasteiger partial charge in [-0.3, -0.25) is 0 Å². The maximum Gasteiger partial charge on any atom is 0.0330 e. The van der Waals surface area contributed by atoms with Gasteiger partial charge in [0.05, 0.1) is 0 Å². The van der Waals surface area contributed by atoms with Crippen LogP contribution in [0.25, 0.3) is 0 Å². The minimum atomic E-state index is 0.425. The first kappa shape index (κ1) is 16.7. The Morgan fingerprint density at radius 3 is 2.63 bits per heavy atom. The van der Waals surface area contributed by atoms with Crippen molar-refractivity contribution >= 4 is 15.9 Å². The Balaban J connectivity index is 2.53. The van der Waals surface area contributed by atoms with Gasteiger partial charge in [-0.2, -0.15) is 0 Å². The van der Waals surface area contributed by atoms with E-state index in [9.17, 15) is 0 Å². The monoisotopic (exact) mass is 326 g/mol. The standard InChI is InChI=1S/C16H27BrN2/c1-5-7-13(2)19(4)11-10-16(18-3)14-8-6-9-15(17)12-14/h6,8-9,12-13,16,18H,5,7,10-11H2,1-4H3. The minimum absolute atomic E-state index is 0.425. The van der Waals surface area contributed by atoms with Crippen LogP contribution in [0, 0.1) is 0 Å². The number of hydrogen-bond acceptors (Lipinski definition) is 2. The van der Waals surface area contributed by atoms with Crippen LogP contribution in [0.4, 0.5) is 0 Å². The Labute approximate surface area is 126 Å². The summed E-state index contributed by atoms with van der Waals surface area (Å²) in [7, 11) is 4.27. The third kappa shape index (κ3) is 5.64. The van der Waals surface area contributed by atoms with E-state index in [0.717, 1.165) is 17.4 Å². The van der Waals surface area contributed by atoms with E-state index in [1.54, 1.807) is 0 Å². The number of nitrogens with zero attached hydrogens (tertiary/aromatic N) is 1. The van der Waals surface area contributed by atoms with Gasteiger partial charge in [-0.1, -0.05) is 41.4 Å². The molecule has 0 saturated heterocycles. The molecule has 0 radical (unpaired) electrons. The molecule has 108 valence electrons. The van der Waals surface area contributed by atoms with Gasteiger partial charge >= 0.3 is 0 Å². The van der Waals surface area contributed by atoms with Gasteiger partial charge in [0.25, 0.3) is 0 Å². The lowest BCUT2D eigenvalue weighted by molar-refractivity contribution is 0.232. The fourth-order valence-electron chi connectivity index (χ4n) is 2.39. The van der Waals surface area contributed by atoms with Gasteiger partial charge in [-0.15, -0.1) is 0 Å². The summed E-state index contributed by atoms with van der Waals surface area (Å²) in [6.07, 6.45) is 3.67. The predicted octanol–water partition coefficient (Wildman–Crippen LogP) is 4.22. The topological polar surface area (TPSA) is 15.3 Å². The van der Waals surface area contributed by atoms with Gasteiger partial charge in [0.2, 0.25) is 0 Å². The van der Waals surface area contributed by atoms with Gasteiger partial charge in [-0.05, 0) is 58.1 Å². The quantitative estimate of drug-likeness (QED) is 0.769. The fourth-order valence-corrected chi connectivity index (χ4v) is 2.81. The lowest BCUT2D eigenvalue weighted by Crippen LogP contribution is -2.32. The van der Waals surface area contributed by atoms with E-state index in [2.05, 4.69) is 71.3 Å². The van der Waals surface area contributed by atoms with Crippen LogP contribution in [0.3, 0.4) is 0 Å². The molecule has 0 bridgehead atoms. The molecule has 1 N–H and O–H groups in total. The molecule has 0 aliphatic heterocycles. The minimum Gasteiger partial charge on any atom is -0.313 e. The van der Waals surface area contributed by atoms with Crippen molar-refractivity contribution in [1.82, 2.24) is 10.2 Å². The van der Waals surface area contributed by atoms with Gasteiger partial charge in [0.15, 0.2) is 0 Å². The summed E-state index contributed by atoms with van der Waals surface area (Å²) < 4.78 is 1.15. The number of hydrogen-bond donors (Lipinski definition) is 1. The summed E-state index contributed by atoms with van der Waals surface area (Å²) in [6.45, 7) is 5.69. The molecule has 19 heavy (non-hydrogen) atoms. The lowest BCUT2D eigenvalue weighted by atomic mass is 10.0. The van der Waals surface area contributed by atoms with Crippen molar-refractivity contribution in [1.29, 1.82) is 0 Å². The molecule has 0 saturated carbocycles. The molecular formula is C16H27BrN2. The maximum absolute atomic E-state index is 3.55. The Morgan fingerprint density at radius 1 is 1.32 bits per heavy atom. The number of halogens is 1. The smallest absolute Gasteiger partial charge is 0.0330 e. The van der Waals surface area contributed by atoms with E-state index in [-0.39, 0.29) is 0 Å². The molecule has 0 aromatic heterocycles. The lowest BCUT2D eigenvalue weighted by Gasteiger charge is -2.26. The van der Waals surface area contributed by atoms with Crippen LogP contribution in [-0.4, -0.2) is 31.6 Å². The van der Waals surface area contributed by atoms with E-state index in [1.165, 1.54) is 18.4 Å². The van der Waals surface area contributed by atoms with Crippen molar-refractivity contribution in [2.24, 2.45) is 0 Å². The molecule has 1 rings (SSSR count). The van der Waals surface area contributed by atoms with Gasteiger partial charge in [-0.25, -0.2) is 0 Å². The summed E-state index contributed by atoms with van der Waals surface area (Å²) >= 11 is 3.55. The zero-order chi connectivity index (χ0) is 14.3. The summed E-state index contributed by atoms with van der Waals surface area (Å²) in [6, 6.07) is 9.68. The second-order valence-corrected chi connectivity index (χ2v) is 6.22. The Hall–Kier alpha value is -0.380. The van der Waals surface area contributed by atoms with Gasteiger partial charge in [0.1, 0.15) is 0 Å². The molecule has 0 spiro atoms. The number of rotatable bonds is 8. The molecule has 0 aliphatic carbocycles. The highest BCUT2D eigenvalue weighted by molar-refractivity contribution is 9.10. The Morgan fingerprint density at radius 2 is 2.05 bits per heavy atom. The summed E-state index contributed by atoms with van der Waals surface area (Å²) in [4.78, 5) is 2.46. The number of benzene rings is 1. The van der Waals surface area contributed by atoms with Crippen LogP contribution >= 0.6 is 15.9 Å². The summed E-state index contributed by atoms with van der Waals surface area (Å²) in [5.41, 5.74) is 1.36. The first-order valence-corrected chi connectivity index (χ1v) is 8.00. The molecule has 2 nitrogen and oxygen atoms in total. The second kappa shape index (κ2) is 8.72. The van der Waals surface area contributed by atoms with Crippen molar-refractivity contribution in [2.45, 2.75) is 45.2 Å². The molecule has 1 aromatic carbocycles. The molecule has 2 unspecified atom stereocenters. The van der Waals surface area contributed by atoms with Crippen molar-refractivity contribution in [2.75, 3.05) is 20.6 Å². The third-order valence-electron chi connectivity index (χ3n) is 3.83. The predicted molar refractivity (Wildman–Crippen MR) is 87.6 cm³/mol. The molecule has 0 fully saturated rings. The first-order chi connectivity index (χ1) is 9.08. The molecule has 0 heterocycles. The maximum atomic E-state index is 3.55. The van der Waals surface area contributed by atoms with E-state index in [4.69, 9.17) is 0 Å². The van der Waals surface area contributed by atoms with Crippen molar-refractivity contribution in [3.63, 3.8) is 0 Å². The normalized spacial score (nSPS) is 14.6. The summed E-state index contributed by atoms with van der Waals surface area (Å²) in [5.74, 6) is 0. The van der Waals surface area contributed by atoms with E-state index in [0.29, 0.717) is 12.1 Å². The molecule has 0 aliphatic rings. The van der Waals surface area contributed by atoms with Crippen LogP contribution < -0.4 is 5.32 Å². The fraction of sp³-hybridized carbons (Fsp3) is 0.625. The molecule has 1 aromatic rings. The van der Waals surface area contributed by atoms with E-state index >= 15 is 0 Å². The Bertz CT molecular complexity index is 368.